The van der Waals surface area contributed by atoms with Gasteiger partial charge in [-0.05, 0) is 24.1 Å². The van der Waals surface area contributed by atoms with Crippen molar-refractivity contribution in [2.24, 2.45) is 0 Å². The Labute approximate surface area is 88.7 Å². The maximum Gasteiger partial charge on any atom is 0.384 e. The van der Waals surface area contributed by atoms with Crippen molar-refractivity contribution in [3.63, 3.8) is 0 Å². The molecule has 15 heavy (non-hydrogen) atoms. The van der Waals surface area contributed by atoms with Crippen LogP contribution in [0, 0.1) is 18.8 Å². The Morgan fingerprint density at radius 1 is 1.53 bits per heavy atom. The monoisotopic (exact) mass is 204 g/mol. The van der Waals surface area contributed by atoms with Crippen LogP contribution in [0.4, 0.5) is 0 Å². The molecule has 3 nitrogen and oxygen atoms in total. The van der Waals surface area contributed by atoms with Crippen LogP contribution < -0.4 is 0 Å². The quantitative estimate of drug-likeness (QED) is 0.548. The predicted octanol–water partition coefficient (Wildman–Crippen LogP) is 1.01. The highest BCUT2D eigenvalue weighted by molar-refractivity contribution is 5.89. The number of benzene rings is 1. The number of methoxy groups -OCH3 is 1. The van der Waals surface area contributed by atoms with Gasteiger partial charge < -0.3 is 9.84 Å². The summed E-state index contributed by atoms with van der Waals surface area (Å²) < 4.78 is 4.41. The summed E-state index contributed by atoms with van der Waals surface area (Å²) in [6.07, 6.45) is 0. The zero-order chi connectivity index (χ0) is 11.3. The molecule has 0 saturated carbocycles. The summed E-state index contributed by atoms with van der Waals surface area (Å²) in [5.74, 6) is 4.48. The highest BCUT2D eigenvalue weighted by Crippen LogP contribution is 2.12. The number of rotatable bonds is 1. The molecule has 0 fully saturated rings. The highest BCUT2D eigenvalue weighted by atomic mass is 16.5. The van der Waals surface area contributed by atoms with Crippen LogP contribution in [0.2, 0.25) is 0 Å². The molecule has 0 heterocycles. The van der Waals surface area contributed by atoms with Gasteiger partial charge in [0.25, 0.3) is 0 Å². The second kappa shape index (κ2) is 5.18. The molecule has 0 aliphatic carbocycles. The Morgan fingerprint density at radius 3 is 2.87 bits per heavy atom. The second-order valence-electron chi connectivity index (χ2n) is 2.99. The minimum Gasteiger partial charge on any atom is -0.459 e. The summed E-state index contributed by atoms with van der Waals surface area (Å²) in [6.45, 7) is 1.83. The van der Waals surface area contributed by atoms with Crippen molar-refractivity contribution in [3.8, 4) is 11.8 Å². The average molecular weight is 204 g/mol. The lowest BCUT2D eigenvalue weighted by Crippen LogP contribution is -1.96. The zero-order valence-electron chi connectivity index (χ0n) is 8.70. The first kappa shape index (κ1) is 11.3. The van der Waals surface area contributed by atoms with Gasteiger partial charge in [0.05, 0.1) is 13.7 Å². The molecule has 0 spiro atoms. The Bertz CT molecular complexity index is 424. The van der Waals surface area contributed by atoms with Crippen molar-refractivity contribution in [1.82, 2.24) is 0 Å². The second-order valence-corrected chi connectivity index (χ2v) is 2.99. The number of ether oxygens (including phenoxy) is 1. The lowest BCUT2D eigenvalue weighted by Gasteiger charge is -2.03. The molecule has 0 bridgehead atoms. The summed E-state index contributed by atoms with van der Waals surface area (Å²) >= 11 is 0. The fourth-order valence-corrected chi connectivity index (χ4v) is 1.16. The van der Waals surface area contributed by atoms with Crippen molar-refractivity contribution in [1.29, 1.82) is 0 Å². The van der Waals surface area contributed by atoms with E-state index in [-0.39, 0.29) is 6.61 Å². The lowest BCUT2D eigenvalue weighted by atomic mass is 10.0. The Balaban J connectivity index is 3.04. The van der Waals surface area contributed by atoms with E-state index in [1.807, 2.05) is 13.0 Å². The minimum absolute atomic E-state index is 0.0282. The third kappa shape index (κ3) is 2.83. The summed E-state index contributed by atoms with van der Waals surface area (Å²) in [7, 11) is 1.29. The zero-order valence-corrected chi connectivity index (χ0v) is 8.70. The van der Waals surface area contributed by atoms with Crippen LogP contribution in [0.3, 0.4) is 0 Å². The van der Waals surface area contributed by atoms with Crippen molar-refractivity contribution in [2.75, 3.05) is 7.11 Å². The van der Waals surface area contributed by atoms with Gasteiger partial charge in [-0.15, -0.1) is 0 Å². The maximum absolute atomic E-state index is 10.8. The Morgan fingerprint density at radius 2 is 2.27 bits per heavy atom. The van der Waals surface area contributed by atoms with Gasteiger partial charge in [0.15, 0.2) is 0 Å². The van der Waals surface area contributed by atoms with Crippen LogP contribution in [0.1, 0.15) is 16.7 Å². The molecule has 0 aromatic heterocycles. The van der Waals surface area contributed by atoms with Crippen molar-refractivity contribution in [3.05, 3.63) is 34.9 Å². The number of hydrogen-bond donors (Lipinski definition) is 1. The molecule has 0 atom stereocenters. The fraction of sp³-hybridized carbons (Fsp3) is 0.250. The molecule has 1 aromatic carbocycles. The van der Waals surface area contributed by atoms with E-state index in [1.54, 1.807) is 12.1 Å². The van der Waals surface area contributed by atoms with Crippen LogP contribution in [0.15, 0.2) is 18.2 Å². The molecule has 3 heteroatoms. The van der Waals surface area contributed by atoms with Crippen LogP contribution in [-0.2, 0) is 16.1 Å². The molecule has 0 amide bonds. The maximum atomic E-state index is 10.8. The van der Waals surface area contributed by atoms with Gasteiger partial charge in [0, 0.05) is 11.5 Å². The van der Waals surface area contributed by atoms with Crippen molar-refractivity contribution >= 4 is 5.97 Å². The van der Waals surface area contributed by atoms with Gasteiger partial charge >= 0.3 is 5.97 Å². The van der Waals surface area contributed by atoms with Crippen LogP contribution in [0.25, 0.3) is 0 Å². The molecule has 78 valence electrons. The number of esters is 1. The molecule has 1 N–H and O–H groups in total. The Kier molecular flexibility index (Phi) is 3.90. The van der Waals surface area contributed by atoms with Gasteiger partial charge in [-0.25, -0.2) is 4.79 Å². The largest absolute Gasteiger partial charge is 0.459 e. The van der Waals surface area contributed by atoms with Crippen LogP contribution in [0.5, 0.6) is 0 Å². The molecule has 0 aliphatic rings. The number of aliphatic hydroxyl groups is 1. The first-order valence-electron chi connectivity index (χ1n) is 4.48. The van der Waals surface area contributed by atoms with E-state index in [2.05, 4.69) is 16.6 Å². The fourth-order valence-electron chi connectivity index (χ4n) is 1.16. The molecule has 0 unspecified atom stereocenters. The number of aliphatic hydroxyl groups excluding tert-OH is 1. The minimum atomic E-state index is -0.566. The van der Waals surface area contributed by atoms with Gasteiger partial charge in [0.2, 0.25) is 0 Å². The Hall–Kier alpha value is -1.79. The van der Waals surface area contributed by atoms with E-state index < -0.39 is 5.97 Å². The molecule has 0 saturated heterocycles. The smallest absolute Gasteiger partial charge is 0.384 e. The highest BCUT2D eigenvalue weighted by Gasteiger charge is 2.00. The van der Waals surface area contributed by atoms with Gasteiger partial charge in [-0.1, -0.05) is 18.1 Å². The van der Waals surface area contributed by atoms with E-state index >= 15 is 0 Å². The van der Waals surface area contributed by atoms with E-state index in [9.17, 15) is 4.79 Å². The molecule has 1 rings (SSSR count). The van der Waals surface area contributed by atoms with E-state index in [0.29, 0.717) is 0 Å². The first-order valence-corrected chi connectivity index (χ1v) is 4.48. The number of hydrogen-bond acceptors (Lipinski definition) is 3. The third-order valence-electron chi connectivity index (χ3n) is 2.10. The van der Waals surface area contributed by atoms with Crippen LogP contribution >= 0.6 is 0 Å². The lowest BCUT2D eigenvalue weighted by molar-refractivity contribution is -0.133. The van der Waals surface area contributed by atoms with E-state index in [1.165, 1.54) is 7.11 Å². The average Bonchev–Trinajstić information content (AvgIpc) is 2.27. The van der Waals surface area contributed by atoms with Gasteiger partial charge in [-0.2, -0.15) is 0 Å². The van der Waals surface area contributed by atoms with Crippen molar-refractivity contribution in [2.45, 2.75) is 13.5 Å². The molecule has 0 radical (unpaired) electrons. The summed E-state index contributed by atoms with van der Waals surface area (Å²) in [5, 5.41) is 9.03. The molecule has 0 aliphatic heterocycles. The molecular weight excluding hydrogens is 192 g/mol. The standard InChI is InChI=1S/C12H12O3/c1-9-10(6-7-12(14)15-2)4-3-5-11(9)8-13/h3-5,13H,8H2,1-2H3. The van der Waals surface area contributed by atoms with E-state index in [4.69, 9.17) is 5.11 Å². The molecule has 1 aromatic rings. The van der Waals surface area contributed by atoms with Gasteiger partial charge in [-0.3, -0.25) is 0 Å². The number of carbonyl (C=O) groups is 1. The van der Waals surface area contributed by atoms with E-state index in [0.717, 1.165) is 16.7 Å². The summed E-state index contributed by atoms with van der Waals surface area (Å²) in [5.41, 5.74) is 2.43. The van der Waals surface area contributed by atoms with Crippen molar-refractivity contribution < 1.29 is 14.6 Å². The topological polar surface area (TPSA) is 46.5 Å². The van der Waals surface area contributed by atoms with Crippen LogP contribution in [-0.4, -0.2) is 18.2 Å². The first-order chi connectivity index (χ1) is 7.19. The normalized spacial score (nSPS) is 9.00. The predicted molar refractivity (Wildman–Crippen MR) is 56.0 cm³/mol. The van der Waals surface area contributed by atoms with Gasteiger partial charge in [0.1, 0.15) is 0 Å². The summed E-state index contributed by atoms with van der Waals surface area (Å²) in [4.78, 5) is 10.8. The summed E-state index contributed by atoms with van der Waals surface area (Å²) in [6, 6.07) is 5.41. The third-order valence-corrected chi connectivity index (χ3v) is 2.10. The molecular formula is C12H12O3. The number of carbonyl (C=O) groups excluding carboxylic acids is 1. The SMILES string of the molecule is COC(=O)C#Cc1cccc(CO)c1C.